The van der Waals surface area contributed by atoms with E-state index in [4.69, 9.17) is 0 Å². The highest BCUT2D eigenvalue weighted by atomic mass is 31.8. The first-order valence-electron chi connectivity index (χ1n) is 5.28. The zero-order chi connectivity index (χ0) is 9.36. The van der Waals surface area contributed by atoms with Crippen molar-refractivity contribution in [2.45, 2.75) is 51.9 Å². The van der Waals surface area contributed by atoms with Gasteiger partial charge in [-0.2, -0.15) is 0 Å². The van der Waals surface area contributed by atoms with Crippen LogP contribution >= 0.6 is 15.9 Å². The Morgan fingerprint density at radius 2 is 2.00 bits per heavy atom. The Morgan fingerprint density at radius 1 is 1.23 bits per heavy atom. The third-order valence-electron chi connectivity index (χ3n) is 2.25. The van der Waals surface area contributed by atoms with Crippen LogP contribution in [0.4, 0.5) is 0 Å². The highest BCUT2D eigenvalue weighted by Crippen LogP contribution is 2.24. The quantitative estimate of drug-likeness (QED) is 0.606. The highest BCUT2D eigenvalue weighted by Gasteiger charge is 1.94. The third kappa shape index (κ3) is 5.45. The predicted molar refractivity (Wildman–Crippen MR) is 63.3 cm³/mol. The van der Waals surface area contributed by atoms with Gasteiger partial charge in [-0.05, 0) is 28.7 Å². The number of aromatic nitrogens is 1. The molecule has 3 heteroatoms. The number of unbranched alkanes of at least 4 members (excludes halogenated alkanes) is 5. The van der Waals surface area contributed by atoms with Crippen LogP contribution < -0.4 is 0 Å². The van der Waals surface area contributed by atoms with Crippen molar-refractivity contribution in [1.82, 2.24) is 4.75 Å². The Kier molecular flexibility index (Phi) is 6.50. The molecular formula is C10H19NP2. The molecule has 0 N–H and O–H groups in total. The third-order valence-corrected chi connectivity index (χ3v) is 4.73. The molecule has 0 spiro atoms. The Balaban J connectivity index is 1.90. The number of nitrogens with zero attached hydrogens (tertiary/aromatic N) is 1. The second-order valence-corrected chi connectivity index (χ2v) is 6.01. The fourth-order valence-electron chi connectivity index (χ4n) is 1.43. The van der Waals surface area contributed by atoms with Gasteiger partial charge in [-0.3, -0.25) is 0 Å². The van der Waals surface area contributed by atoms with E-state index in [1.165, 1.54) is 52.8 Å². The van der Waals surface area contributed by atoms with Gasteiger partial charge in [0.2, 0.25) is 0 Å². The van der Waals surface area contributed by atoms with Crippen molar-refractivity contribution in [2.75, 3.05) is 0 Å². The molecule has 0 aromatic carbocycles. The van der Waals surface area contributed by atoms with Crippen molar-refractivity contribution in [3.8, 4) is 0 Å². The van der Waals surface area contributed by atoms with E-state index in [9.17, 15) is 0 Å². The summed E-state index contributed by atoms with van der Waals surface area (Å²) in [4.78, 5) is 0. The summed E-state index contributed by atoms with van der Waals surface area (Å²) in [5, 5.41) is 1.56. The van der Waals surface area contributed by atoms with Crippen molar-refractivity contribution >= 4 is 15.9 Å². The topological polar surface area (TPSA) is 12.9 Å². The van der Waals surface area contributed by atoms with Gasteiger partial charge >= 0.3 is 0 Å². The minimum atomic E-state index is 0.806. The van der Waals surface area contributed by atoms with Gasteiger partial charge in [0.05, 0.1) is 0 Å². The van der Waals surface area contributed by atoms with Gasteiger partial charge in [0, 0.05) is 11.5 Å². The molecule has 0 aliphatic carbocycles. The lowest BCUT2D eigenvalue weighted by Crippen LogP contribution is -1.82. The average Bonchev–Trinajstić information content (AvgIpc) is 2.63. The summed E-state index contributed by atoms with van der Waals surface area (Å²) in [5.41, 5.74) is 0. The molecule has 74 valence electrons. The summed E-state index contributed by atoms with van der Waals surface area (Å²) in [6.07, 6.45) is 11.8. The standard InChI is InChI=1S/C10H19NP2/c1-2-3-4-5-6-7-8-10-9-11-13-12-10/h9,13H,2-8H2,1H3. The lowest BCUT2D eigenvalue weighted by molar-refractivity contribution is 0.609. The summed E-state index contributed by atoms with van der Waals surface area (Å²) in [6.45, 7) is 2.27. The molecule has 0 aliphatic rings. The van der Waals surface area contributed by atoms with Crippen LogP contribution in [0.2, 0.25) is 0 Å². The van der Waals surface area contributed by atoms with Crippen LogP contribution in [0.15, 0.2) is 6.20 Å². The number of aryl methyl sites for hydroxylation is 1. The van der Waals surface area contributed by atoms with Gasteiger partial charge in [-0.25, -0.2) is 4.75 Å². The average molecular weight is 215 g/mol. The van der Waals surface area contributed by atoms with E-state index < -0.39 is 0 Å². The number of hydrogen-bond acceptors (Lipinski definition) is 1. The molecule has 0 saturated heterocycles. The lowest BCUT2D eigenvalue weighted by atomic mass is 10.1. The van der Waals surface area contributed by atoms with E-state index in [1.807, 2.05) is 0 Å². The molecule has 0 fully saturated rings. The Bertz CT molecular complexity index is 197. The van der Waals surface area contributed by atoms with Crippen molar-refractivity contribution in [3.05, 3.63) is 11.5 Å². The SMILES string of the molecule is CCCCCCCCc1cn[pH]p1. The fraction of sp³-hybridized carbons (Fsp3) is 0.800. The summed E-state index contributed by atoms with van der Waals surface area (Å²) in [6, 6.07) is 0. The summed E-state index contributed by atoms with van der Waals surface area (Å²) < 4.78 is 4.25. The number of rotatable bonds is 7. The zero-order valence-electron chi connectivity index (χ0n) is 8.42. The first-order valence-corrected chi connectivity index (χ1v) is 7.96. The largest absolute Gasteiger partial charge is 0.244 e. The van der Waals surface area contributed by atoms with Gasteiger partial charge < -0.3 is 0 Å². The van der Waals surface area contributed by atoms with Crippen molar-refractivity contribution < 1.29 is 0 Å². The van der Waals surface area contributed by atoms with E-state index in [2.05, 4.69) is 17.9 Å². The van der Waals surface area contributed by atoms with Crippen molar-refractivity contribution in [3.63, 3.8) is 0 Å². The second-order valence-electron chi connectivity index (χ2n) is 3.48. The molecular weight excluding hydrogens is 196 g/mol. The van der Waals surface area contributed by atoms with Crippen LogP contribution in [0.1, 0.15) is 50.7 Å². The van der Waals surface area contributed by atoms with E-state index in [1.54, 1.807) is 5.30 Å². The van der Waals surface area contributed by atoms with Crippen LogP contribution in [0, 0.1) is 0 Å². The first kappa shape index (κ1) is 11.2. The molecule has 1 heterocycles. The van der Waals surface area contributed by atoms with Crippen molar-refractivity contribution in [2.24, 2.45) is 0 Å². The van der Waals surface area contributed by atoms with E-state index in [0.29, 0.717) is 0 Å². The van der Waals surface area contributed by atoms with Crippen LogP contribution in [0.25, 0.3) is 0 Å². The summed E-state index contributed by atoms with van der Waals surface area (Å²) in [7, 11) is 2.29. The molecule has 1 atom stereocenters. The van der Waals surface area contributed by atoms with Gasteiger partial charge in [0.25, 0.3) is 0 Å². The van der Waals surface area contributed by atoms with Crippen LogP contribution in [-0.4, -0.2) is 4.75 Å². The van der Waals surface area contributed by atoms with E-state index >= 15 is 0 Å². The summed E-state index contributed by atoms with van der Waals surface area (Å²) in [5.74, 6) is 0. The van der Waals surface area contributed by atoms with Gasteiger partial charge in [0.1, 0.15) is 0 Å². The van der Waals surface area contributed by atoms with Crippen LogP contribution in [0.5, 0.6) is 0 Å². The Labute approximate surface area is 84.5 Å². The van der Waals surface area contributed by atoms with Crippen LogP contribution in [0.3, 0.4) is 0 Å². The summed E-state index contributed by atoms with van der Waals surface area (Å²) >= 11 is 0. The molecule has 0 radical (unpaired) electrons. The maximum absolute atomic E-state index is 4.25. The van der Waals surface area contributed by atoms with E-state index in [0.717, 1.165) is 8.03 Å². The molecule has 0 bridgehead atoms. The maximum atomic E-state index is 4.25. The monoisotopic (exact) mass is 215 g/mol. The van der Waals surface area contributed by atoms with Gasteiger partial charge in [0.15, 0.2) is 0 Å². The predicted octanol–water partition coefficient (Wildman–Crippen LogP) is 4.60. The molecule has 0 amide bonds. The van der Waals surface area contributed by atoms with E-state index in [-0.39, 0.29) is 0 Å². The van der Waals surface area contributed by atoms with Crippen LogP contribution in [-0.2, 0) is 6.42 Å². The highest BCUT2D eigenvalue weighted by molar-refractivity contribution is 7.88. The fourth-order valence-corrected chi connectivity index (χ4v) is 3.57. The molecule has 1 nitrogen and oxygen atoms in total. The molecule has 1 unspecified atom stereocenters. The molecule has 0 aliphatic heterocycles. The van der Waals surface area contributed by atoms with Gasteiger partial charge in [-0.15, -0.1) is 0 Å². The maximum Gasteiger partial charge on any atom is 0.0391 e. The van der Waals surface area contributed by atoms with Gasteiger partial charge in [-0.1, -0.05) is 39.0 Å². The minimum Gasteiger partial charge on any atom is -0.244 e. The minimum absolute atomic E-state index is 0.806. The zero-order valence-corrected chi connectivity index (χ0v) is 10.3. The first-order chi connectivity index (χ1) is 6.43. The smallest absolute Gasteiger partial charge is 0.0391 e. The second kappa shape index (κ2) is 7.54. The molecule has 0 saturated carbocycles. The molecule has 1 aromatic rings. The molecule has 1 aromatic heterocycles. The molecule has 13 heavy (non-hydrogen) atoms. The molecule has 1 rings (SSSR count). The normalized spacial score (nSPS) is 11.8. The Hall–Kier alpha value is 0.140. The lowest BCUT2D eigenvalue weighted by Gasteiger charge is -1.98. The van der Waals surface area contributed by atoms with Crippen molar-refractivity contribution in [1.29, 1.82) is 0 Å². The number of hydrogen-bond donors (Lipinski definition) is 0. The Morgan fingerprint density at radius 3 is 2.69 bits per heavy atom.